The second-order valence-electron chi connectivity index (χ2n) is 11.1. The number of amides is 1. The number of carbonyl (C=O) groups is 2. The van der Waals surface area contributed by atoms with Gasteiger partial charge in [-0.3, -0.25) is 9.59 Å². The van der Waals surface area contributed by atoms with Crippen molar-refractivity contribution in [2.75, 3.05) is 19.7 Å². The molecule has 1 saturated heterocycles. The van der Waals surface area contributed by atoms with E-state index in [2.05, 4.69) is 5.32 Å². The third-order valence-corrected chi connectivity index (χ3v) is 8.21. The zero-order valence-electron chi connectivity index (χ0n) is 23.2. The minimum atomic E-state index is -3.93. The molecule has 3 N–H and O–H groups in total. The van der Waals surface area contributed by atoms with Crippen LogP contribution in [0.1, 0.15) is 31.9 Å². The smallest absolute Gasteiger partial charge is 0.323 e. The van der Waals surface area contributed by atoms with E-state index in [1.807, 2.05) is 30.3 Å². The fourth-order valence-corrected chi connectivity index (χ4v) is 6.12. The number of esters is 1. The van der Waals surface area contributed by atoms with Gasteiger partial charge in [0.25, 0.3) is 5.91 Å². The van der Waals surface area contributed by atoms with Gasteiger partial charge in [0.05, 0.1) is 18.0 Å². The fraction of sp³-hybridized carbons (Fsp3) is 0.333. The van der Waals surface area contributed by atoms with Crippen LogP contribution in [-0.4, -0.2) is 55.9 Å². The second kappa shape index (κ2) is 12.0. The van der Waals surface area contributed by atoms with Crippen molar-refractivity contribution in [3.63, 3.8) is 0 Å². The molecule has 0 bridgehead atoms. The van der Waals surface area contributed by atoms with E-state index < -0.39 is 51.5 Å². The Balaban J connectivity index is 1.44. The Kier molecular flexibility index (Phi) is 8.81. The number of carbonyl (C=O) groups excluding carboxylic acids is 2. The fourth-order valence-electron chi connectivity index (χ4n) is 4.51. The normalized spacial score (nSPS) is 15.8. The topological polar surface area (TPSA) is 128 Å². The lowest BCUT2D eigenvalue weighted by molar-refractivity contribution is -0.150. The van der Waals surface area contributed by atoms with E-state index in [0.29, 0.717) is 11.3 Å². The summed E-state index contributed by atoms with van der Waals surface area (Å²) in [6.45, 7) is 4.98. The molecule has 3 aromatic carbocycles. The predicted molar refractivity (Wildman–Crippen MR) is 151 cm³/mol. The largest absolute Gasteiger partial charge is 0.480 e. The molecule has 11 heteroatoms. The zero-order chi connectivity index (χ0) is 29.8. The van der Waals surface area contributed by atoms with Crippen LogP contribution in [0.2, 0.25) is 0 Å². The number of halogens is 1. The van der Waals surface area contributed by atoms with Crippen LogP contribution in [0.15, 0.2) is 83.8 Å². The minimum Gasteiger partial charge on any atom is -0.480 e. The van der Waals surface area contributed by atoms with Gasteiger partial charge in [0.15, 0.2) is 12.2 Å². The summed E-state index contributed by atoms with van der Waals surface area (Å²) >= 11 is 0. The number of nitrogens with one attached hydrogen (secondary N) is 1. The Morgan fingerprint density at radius 1 is 1.02 bits per heavy atom. The van der Waals surface area contributed by atoms with E-state index in [-0.39, 0.29) is 24.4 Å². The number of nitrogens with zero attached hydrogens (tertiary/aromatic N) is 1. The summed E-state index contributed by atoms with van der Waals surface area (Å²) in [4.78, 5) is 24.3. The van der Waals surface area contributed by atoms with Crippen molar-refractivity contribution in [1.82, 2.24) is 9.62 Å². The van der Waals surface area contributed by atoms with Gasteiger partial charge in [-0.25, -0.2) is 12.8 Å². The first-order valence-electron chi connectivity index (χ1n) is 13.1. The van der Waals surface area contributed by atoms with Crippen molar-refractivity contribution in [2.24, 2.45) is 5.73 Å². The summed E-state index contributed by atoms with van der Waals surface area (Å²) in [5, 5.41) is 2.69. The predicted octanol–water partition coefficient (Wildman–Crippen LogP) is 3.13. The Morgan fingerprint density at radius 3 is 2.37 bits per heavy atom. The number of rotatable bonds is 10. The van der Waals surface area contributed by atoms with E-state index in [4.69, 9.17) is 15.2 Å². The molecule has 3 aromatic rings. The zero-order valence-corrected chi connectivity index (χ0v) is 24.0. The Hall–Kier alpha value is -3.80. The first-order chi connectivity index (χ1) is 19.3. The standard InChI is InChI=1S/C30H34FN3O6S/c1-29(2,3)33-27(35)18-39-28(36)26(32)16-21-9-7-14-25(15-21)41(37,38)34-19-30(20-34,22-10-5-4-6-11-22)40-24-13-8-12-23(31)17-24/h4-15,17,26H,16,18-20,32H2,1-3H3,(H,33,35)/t26-/m0/s1. The summed E-state index contributed by atoms with van der Waals surface area (Å²) in [5.41, 5.74) is 5.81. The number of ether oxygens (including phenoxy) is 2. The van der Waals surface area contributed by atoms with E-state index in [9.17, 15) is 22.4 Å². The number of hydrogen-bond acceptors (Lipinski definition) is 7. The molecule has 1 atom stereocenters. The van der Waals surface area contributed by atoms with Gasteiger partial charge < -0.3 is 20.5 Å². The maximum atomic E-state index is 13.8. The van der Waals surface area contributed by atoms with Gasteiger partial charge in [-0.1, -0.05) is 48.5 Å². The van der Waals surface area contributed by atoms with Crippen LogP contribution in [0.4, 0.5) is 4.39 Å². The SMILES string of the molecule is CC(C)(C)NC(=O)COC(=O)[C@@H](N)Cc1cccc(S(=O)(=O)N2CC(Oc3cccc(F)c3)(c3ccccc3)C2)c1. The van der Waals surface area contributed by atoms with Crippen molar-refractivity contribution in [2.45, 2.75) is 49.3 Å². The van der Waals surface area contributed by atoms with Crippen LogP contribution in [0.3, 0.4) is 0 Å². The van der Waals surface area contributed by atoms with Gasteiger partial charge in [-0.2, -0.15) is 4.31 Å². The van der Waals surface area contributed by atoms with Crippen molar-refractivity contribution in [3.05, 3.63) is 95.8 Å². The molecular formula is C30H34FN3O6S. The van der Waals surface area contributed by atoms with E-state index in [0.717, 1.165) is 5.56 Å². The molecule has 0 saturated carbocycles. The summed E-state index contributed by atoms with van der Waals surface area (Å²) in [7, 11) is -3.93. The van der Waals surface area contributed by atoms with Crippen LogP contribution in [0.5, 0.6) is 5.75 Å². The molecule has 41 heavy (non-hydrogen) atoms. The monoisotopic (exact) mass is 583 g/mol. The third-order valence-electron chi connectivity index (χ3n) is 6.43. The highest BCUT2D eigenvalue weighted by atomic mass is 32.2. The van der Waals surface area contributed by atoms with Gasteiger partial charge >= 0.3 is 5.97 Å². The summed E-state index contributed by atoms with van der Waals surface area (Å²) in [6.07, 6.45) is 0.0136. The lowest BCUT2D eigenvalue weighted by atomic mass is 9.87. The van der Waals surface area contributed by atoms with Crippen LogP contribution < -0.4 is 15.8 Å². The molecule has 1 heterocycles. The molecule has 0 aromatic heterocycles. The second-order valence-corrected chi connectivity index (χ2v) is 13.0. The number of nitrogens with two attached hydrogens (primary N) is 1. The third kappa shape index (κ3) is 7.49. The Morgan fingerprint density at radius 2 is 1.71 bits per heavy atom. The number of benzene rings is 3. The maximum absolute atomic E-state index is 13.8. The van der Waals surface area contributed by atoms with Gasteiger partial charge in [-0.15, -0.1) is 0 Å². The van der Waals surface area contributed by atoms with E-state index >= 15 is 0 Å². The van der Waals surface area contributed by atoms with Crippen LogP contribution >= 0.6 is 0 Å². The molecule has 4 rings (SSSR count). The first kappa shape index (κ1) is 30.2. The molecular weight excluding hydrogens is 549 g/mol. The van der Waals surface area contributed by atoms with Crippen LogP contribution in [0.25, 0.3) is 0 Å². The average Bonchev–Trinajstić information content (AvgIpc) is 2.88. The first-order valence-corrected chi connectivity index (χ1v) is 14.5. The van der Waals surface area contributed by atoms with Crippen molar-refractivity contribution in [1.29, 1.82) is 0 Å². The Bertz CT molecular complexity index is 1500. The number of hydrogen-bond donors (Lipinski definition) is 2. The molecule has 0 unspecified atom stereocenters. The summed E-state index contributed by atoms with van der Waals surface area (Å²) < 4.78 is 53.4. The maximum Gasteiger partial charge on any atom is 0.323 e. The Labute approximate surface area is 239 Å². The van der Waals surface area contributed by atoms with E-state index in [1.165, 1.54) is 34.6 Å². The molecule has 0 aliphatic carbocycles. The van der Waals surface area contributed by atoms with Crippen LogP contribution in [0, 0.1) is 5.82 Å². The molecule has 1 amide bonds. The van der Waals surface area contributed by atoms with Crippen molar-refractivity contribution in [3.8, 4) is 5.75 Å². The molecule has 1 aliphatic heterocycles. The molecule has 1 fully saturated rings. The molecule has 1 aliphatic rings. The van der Waals surface area contributed by atoms with Gasteiger partial charge in [0.2, 0.25) is 10.0 Å². The average molecular weight is 584 g/mol. The van der Waals surface area contributed by atoms with Gasteiger partial charge in [0.1, 0.15) is 17.6 Å². The lowest BCUT2D eigenvalue weighted by Crippen LogP contribution is -2.64. The highest BCUT2D eigenvalue weighted by molar-refractivity contribution is 7.89. The summed E-state index contributed by atoms with van der Waals surface area (Å²) in [6, 6.07) is 20.0. The molecule has 0 radical (unpaired) electrons. The molecule has 218 valence electrons. The van der Waals surface area contributed by atoms with Gasteiger partial charge in [0, 0.05) is 11.6 Å². The quantitative estimate of drug-likeness (QED) is 0.351. The van der Waals surface area contributed by atoms with E-state index in [1.54, 1.807) is 39.0 Å². The van der Waals surface area contributed by atoms with Gasteiger partial charge in [-0.05, 0) is 62.6 Å². The van der Waals surface area contributed by atoms with Crippen LogP contribution in [-0.2, 0) is 36.4 Å². The highest BCUT2D eigenvalue weighted by Crippen LogP contribution is 2.40. The van der Waals surface area contributed by atoms with Crippen molar-refractivity contribution < 1.29 is 31.9 Å². The summed E-state index contributed by atoms with van der Waals surface area (Å²) in [5.74, 6) is -1.38. The number of sulfonamides is 1. The lowest BCUT2D eigenvalue weighted by Gasteiger charge is -2.48. The minimum absolute atomic E-state index is 0.0136. The molecule has 0 spiro atoms. The molecule has 9 nitrogen and oxygen atoms in total. The van der Waals surface area contributed by atoms with Crippen molar-refractivity contribution >= 4 is 21.9 Å². The highest BCUT2D eigenvalue weighted by Gasteiger charge is 2.52.